The summed E-state index contributed by atoms with van der Waals surface area (Å²) >= 11 is 2.13. The summed E-state index contributed by atoms with van der Waals surface area (Å²) in [6.45, 7) is 5.65. The molecule has 1 rings (SSSR count). The molecule has 0 saturated carbocycles. The lowest BCUT2D eigenvalue weighted by Gasteiger charge is -2.18. The molecule has 1 aliphatic heterocycles. The number of ether oxygens (including phenoxy) is 2. The van der Waals surface area contributed by atoms with E-state index >= 15 is 0 Å². The van der Waals surface area contributed by atoms with Gasteiger partial charge in [0.2, 0.25) is 0 Å². The van der Waals surface area contributed by atoms with Crippen LogP contribution in [0.25, 0.3) is 0 Å². The number of alkyl halides is 1. The minimum Gasteiger partial charge on any atom is -0.463 e. The minimum absolute atomic E-state index is 0.0842. The van der Waals surface area contributed by atoms with Gasteiger partial charge in [-0.05, 0) is 27.2 Å². The second kappa shape index (κ2) is 4.97. The Morgan fingerprint density at radius 3 is 2.60 bits per heavy atom. The van der Waals surface area contributed by atoms with Crippen molar-refractivity contribution in [1.82, 2.24) is 0 Å². The van der Waals surface area contributed by atoms with E-state index in [4.69, 9.17) is 9.47 Å². The predicted octanol–water partition coefficient (Wildman–Crippen LogP) is 1.49. The molecule has 0 bridgehead atoms. The normalized spacial score (nSPS) is 31.7. The predicted molar refractivity (Wildman–Crippen MR) is 63.7 cm³/mol. The average Bonchev–Trinajstić information content (AvgIpc) is 2.41. The fraction of sp³-hybridized carbons (Fsp3) is 0.900. The zero-order valence-electron chi connectivity index (χ0n) is 9.20. The molecule has 0 aromatic rings. The van der Waals surface area contributed by atoms with E-state index in [0.29, 0.717) is 0 Å². The summed E-state index contributed by atoms with van der Waals surface area (Å²) in [5, 5.41) is 9.32. The minimum atomic E-state index is -0.732. The Balaban J connectivity index is 2.30. The number of hydrogen-bond donors (Lipinski definition) is 1. The Bertz CT molecular complexity index is 226. The van der Waals surface area contributed by atoms with Crippen molar-refractivity contribution in [3.8, 4) is 0 Å². The lowest BCUT2D eigenvalue weighted by atomic mass is 9.97. The van der Waals surface area contributed by atoms with Gasteiger partial charge in [0.05, 0.1) is 15.4 Å². The molecule has 0 aliphatic carbocycles. The van der Waals surface area contributed by atoms with E-state index in [1.54, 1.807) is 20.8 Å². The highest BCUT2D eigenvalue weighted by Crippen LogP contribution is 2.26. The van der Waals surface area contributed by atoms with Gasteiger partial charge < -0.3 is 14.6 Å². The van der Waals surface area contributed by atoms with Gasteiger partial charge in [-0.2, -0.15) is 0 Å². The Hall–Kier alpha value is 0.120. The Morgan fingerprint density at radius 1 is 1.60 bits per heavy atom. The standard InChI is InChI=1S/C10H17IO4/c1-10(2,3)9(13)14-5-6-4-7(11)8(12)15-6/h6-8,12H,4-5H2,1-3H3/t6-,7-,8-/m0/s1. The molecule has 0 unspecified atom stereocenters. The second-order valence-electron chi connectivity index (χ2n) is 4.75. The smallest absolute Gasteiger partial charge is 0.311 e. The van der Waals surface area contributed by atoms with Crippen LogP contribution >= 0.6 is 22.6 Å². The van der Waals surface area contributed by atoms with Gasteiger partial charge in [0, 0.05) is 0 Å². The van der Waals surface area contributed by atoms with Gasteiger partial charge in [-0.3, -0.25) is 4.79 Å². The van der Waals surface area contributed by atoms with Crippen LogP contribution in [0.3, 0.4) is 0 Å². The number of aliphatic hydroxyl groups excluding tert-OH is 1. The molecule has 1 N–H and O–H groups in total. The van der Waals surface area contributed by atoms with Crippen molar-refractivity contribution < 1.29 is 19.4 Å². The molecule has 0 spiro atoms. The van der Waals surface area contributed by atoms with Gasteiger partial charge in [0.25, 0.3) is 0 Å². The fourth-order valence-electron chi connectivity index (χ4n) is 1.20. The first-order chi connectivity index (χ1) is 6.80. The van der Waals surface area contributed by atoms with Crippen LogP contribution in [0, 0.1) is 5.41 Å². The van der Waals surface area contributed by atoms with Crippen molar-refractivity contribution in [3.63, 3.8) is 0 Å². The van der Waals surface area contributed by atoms with Gasteiger partial charge in [-0.15, -0.1) is 0 Å². The third kappa shape index (κ3) is 3.88. The van der Waals surface area contributed by atoms with Crippen molar-refractivity contribution in [2.75, 3.05) is 6.61 Å². The highest BCUT2D eigenvalue weighted by atomic mass is 127. The van der Waals surface area contributed by atoms with Gasteiger partial charge in [-0.25, -0.2) is 0 Å². The van der Waals surface area contributed by atoms with Crippen LogP contribution in [0.15, 0.2) is 0 Å². The van der Waals surface area contributed by atoms with Crippen LogP contribution in [0.5, 0.6) is 0 Å². The van der Waals surface area contributed by atoms with Gasteiger partial charge in [0.15, 0.2) is 6.29 Å². The first-order valence-electron chi connectivity index (χ1n) is 4.95. The molecule has 1 heterocycles. The van der Waals surface area contributed by atoms with Crippen LogP contribution < -0.4 is 0 Å². The topological polar surface area (TPSA) is 55.8 Å². The second-order valence-corrected chi connectivity index (χ2v) is 6.35. The quantitative estimate of drug-likeness (QED) is 0.474. The molecule has 0 amide bonds. The maximum atomic E-state index is 11.4. The third-order valence-electron chi connectivity index (χ3n) is 2.14. The number of rotatable bonds is 2. The van der Waals surface area contributed by atoms with E-state index in [1.807, 2.05) is 0 Å². The summed E-state index contributed by atoms with van der Waals surface area (Å²) in [6.07, 6.45) is -0.184. The Labute approximate surface area is 103 Å². The third-order valence-corrected chi connectivity index (χ3v) is 3.27. The summed E-state index contributed by atoms with van der Waals surface area (Å²) in [5.74, 6) is -0.238. The Morgan fingerprint density at radius 2 is 2.20 bits per heavy atom. The number of halogens is 1. The molecule has 1 aliphatic rings. The number of esters is 1. The molecule has 15 heavy (non-hydrogen) atoms. The van der Waals surface area contributed by atoms with Crippen molar-refractivity contribution in [3.05, 3.63) is 0 Å². The molecular formula is C10H17IO4. The van der Waals surface area contributed by atoms with E-state index in [1.165, 1.54) is 0 Å². The van der Waals surface area contributed by atoms with E-state index in [9.17, 15) is 9.90 Å². The van der Waals surface area contributed by atoms with Crippen LogP contribution in [0.2, 0.25) is 0 Å². The molecule has 0 aromatic carbocycles. The van der Waals surface area contributed by atoms with Crippen LogP contribution in [0.1, 0.15) is 27.2 Å². The lowest BCUT2D eigenvalue weighted by molar-refractivity contribution is -0.160. The van der Waals surface area contributed by atoms with Crippen LogP contribution in [-0.2, 0) is 14.3 Å². The molecular weight excluding hydrogens is 311 g/mol. The number of carbonyl (C=O) groups excluding carboxylic acids is 1. The molecule has 1 fully saturated rings. The maximum Gasteiger partial charge on any atom is 0.311 e. The average molecular weight is 328 g/mol. The largest absolute Gasteiger partial charge is 0.463 e. The maximum absolute atomic E-state index is 11.4. The first-order valence-corrected chi connectivity index (χ1v) is 6.20. The summed E-state index contributed by atoms with van der Waals surface area (Å²) in [7, 11) is 0. The zero-order chi connectivity index (χ0) is 11.6. The van der Waals surface area contributed by atoms with E-state index in [0.717, 1.165) is 6.42 Å². The number of carbonyl (C=O) groups is 1. The zero-order valence-corrected chi connectivity index (χ0v) is 11.4. The van der Waals surface area contributed by atoms with Crippen molar-refractivity contribution in [1.29, 1.82) is 0 Å². The molecule has 3 atom stereocenters. The van der Waals surface area contributed by atoms with Crippen LogP contribution in [-0.4, -0.2) is 34.0 Å². The highest BCUT2D eigenvalue weighted by Gasteiger charge is 2.33. The molecule has 88 valence electrons. The van der Waals surface area contributed by atoms with E-state index in [-0.39, 0.29) is 22.6 Å². The molecule has 1 saturated heterocycles. The summed E-state index contributed by atoms with van der Waals surface area (Å²) in [6, 6.07) is 0. The summed E-state index contributed by atoms with van der Waals surface area (Å²) < 4.78 is 10.4. The van der Waals surface area contributed by atoms with Gasteiger partial charge in [0.1, 0.15) is 6.61 Å². The molecule has 0 radical (unpaired) electrons. The summed E-state index contributed by atoms with van der Waals surface area (Å²) in [4.78, 5) is 11.4. The number of hydrogen-bond acceptors (Lipinski definition) is 4. The van der Waals surface area contributed by atoms with Gasteiger partial charge >= 0.3 is 5.97 Å². The van der Waals surface area contributed by atoms with Crippen molar-refractivity contribution >= 4 is 28.6 Å². The fourth-order valence-corrected chi connectivity index (χ4v) is 1.93. The van der Waals surface area contributed by atoms with Gasteiger partial charge in [-0.1, -0.05) is 22.6 Å². The highest BCUT2D eigenvalue weighted by molar-refractivity contribution is 14.1. The first kappa shape index (κ1) is 13.2. The Kier molecular flexibility index (Phi) is 4.37. The number of aliphatic hydroxyl groups is 1. The van der Waals surface area contributed by atoms with E-state index in [2.05, 4.69) is 22.6 Å². The van der Waals surface area contributed by atoms with E-state index < -0.39 is 11.7 Å². The molecule has 5 heteroatoms. The van der Waals surface area contributed by atoms with Crippen molar-refractivity contribution in [2.24, 2.45) is 5.41 Å². The lowest BCUT2D eigenvalue weighted by Crippen LogP contribution is -2.27. The monoisotopic (exact) mass is 328 g/mol. The SMILES string of the molecule is CC(C)(C)C(=O)OC[C@@H]1C[C@H](I)[C@@H](O)O1. The molecule has 4 nitrogen and oxygen atoms in total. The van der Waals surface area contributed by atoms with Crippen molar-refractivity contribution in [2.45, 2.75) is 43.5 Å². The molecule has 0 aromatic heterocycles. The van der Waals surface area contributed by atoms with Crippen LogP contribution in [0.4, 0.5) is 0 Å². The summed E-state index contributed by atoms with van der Waals surface area (Å²) in [5.41, 5.74) is -0.485.